The number of hydrogen-bond donors (Lipinski definition) is 2. The van der Waals surface area contributed by atoms with Gasteiger partial charge in [-0.1, -0.05) is 37.3 Å². The van der Waals surface area contributed by atoms with Crippen LogP contribution in [-0.4, -0.2) is 21.7 Å². The first-order valence-corrected chi connectivity index (χ1v) is 8.75. The average molecular weight is 344 g/mol. The summed E-state index contributed by atoms with van der Waals surface area (Å²) in [5.41, 5.74) is 4.82. The second-order valence-electron chi connectivity index (χ2n) is 6.22. The minimum atomic E-state index is 0.246. The quantitative estimate of drug-likeness (QED) is 0.510. The highest BCUT2D eigenvalue weighted by Gasteiger charge is 2.13. The van der Waals surface area contributed by atoms with Gasteiger partial charge in [0.15, 0.2) is 0 Å². The summed E-state index contributed by atoms with van der Waals surface area (Å²) in [5, 5.41) is 10.8. The lowest BCUT2D eigenvalue weighted by Gasteiger charge is -2.10. The molecule has 2 aromatic carbocycles. The number of hydrogen-bond acceptors (Lipinski definition) is 3. The Kier molecular flexibility index (Phi) is 4.32. The number of nitrogens with one attached hydrogen (secondary N) is 1. The van der Waals surface area contributed by atoms with E-state index in [1.807, 2.05) is 42.7 Å². The molecule has 0 unspecified atom stereocenters. The van der Waals surface area contributed by atoms with E-state index in [1.54, 1.807) is 12.1 Å². The molecule has 0 fully saturated rings. The Morgan fingerprint density at radius 1 is 1.00 bits per heavy atom. The molecule has 4 nitrogen and oxygen atoms in total. The van der Waals surface area contributed by atoms with E-state index in [1.165, 1.54) is 0 Å². The molecular weight excluding hydrogens is 324 g/mol. The number of phenolic OH excluding ortho intramolecular Hbond substituents is 1. The van der Waals surface area contributed by atoms with Crippen LogP contribution in [0.2, 0.25) is 0 Å². The van der Waals surface area contributed by atoms with Crippen LogP contribution in [0.3, 0.4) is 0 Å². The Bertz CT molecular complexity index is 1050. The molecule has 0 saturated carbocycles. The third kappa shape index (κ3) is 3.02. The first-order chi connectivity index (χ1) is 12.8. The lowest BCUT2D eigenvalue weighted by atomic mass is 10.0. The van der Waals surface area contributed by atoms with Crippen molar-refractivity contribution >= 4 is 11.0 Å². The summed E-state index contributed by atoms with van der Waals surface area (Å²) in [6.45, 7) is 2.78. The predicted molar refractivity (Wildman–Crippen MR) is 104 cm³/mol. The van der Waals surface area contributed by atoms with Crippen LogP contribution >= 0.6 is 0 Å². The summed E-state index contributed by atoms with van der Waals surface area (Å²) in [6, 6.07) is 17.4. The van der Waals surface area contributed by atoms with Gasteiger partial charge in [0.05, 0.1) is 6.61 Å². The zero-order chi connectivity index (χ0) is 17.9. The second-order valence-corrected chi connectivity index (χ2v) is 6.22. The minimum Gasteiger partial charge on any atom is -0.508 e. The molecule has 0 aliphatic heterocycles. The molecule has 0 radical (unpaired) electrons. The maximum atomic E-state index is 9.76. The third-order valence-electron chi connectivity index (χ3n) is 4.35. The van der Waals surface area contributed by atoms with Crippen LogP contribution in [0.1, 0.15) is 13.3 Å². The smallest absolute Gasteiger partial charge is 0.137 e. The van der Waals surface area contributed by atoms with E-state index in [4.69, 9.17) is 4.74 Å². The van der Waals surface area contributed by atoms with Crippen molar-refractivity contribution in [3.63, 3.8) is 0 Å². The van der Waals surface area contributed by atoms with Gasteiger partial charge in [0.25, 0.3) is 0 Å². The van der Waals surface area contributed by atoms with Crippen molar-refractivity contribution in [3.8, 4) is 33.8 Å². The van der Waals surface area contributed by atoms with Crippen molar-refractivity contribution in [1.82, 2.24) is 9.97 Å². The van der Waals surface area contributed by atoms with Crippen LogP contribution in [0.25, 0.3) is 33.3 Å². The Balaban J connectivity index is 1.83. The summed E-state index contributed by atoms with van der Waals surface area (Å²) in [6.07, 6.45) is 4.75. The summed E-state index contributed by atoms with van der Waals surface area (Å²) >= 11 is 0. The number of rotatable bonds is 5. The summed E-state index contributed by atoms with van der Waals surface area (Å²) in [4.78, 5) is 7.79. The van der Waals surface area contributed by atoms with E-state index in [9.17, 15) is 5.11 Å². The maximum Gasteiger partial charge on any atom is 0.137 e. The highest BCUT2D eigenvalue weighted by molar-refractivity contribution is 5.97. The molecule has 2 N–H and O–H groups in total. The number of pyridine rings is 1. The van der Waals surface area contributed by atoms with Gasteiger partial charge in [-0.3, -0.25) is 0 Å². The molecule has 0 spiro atoms. The van der Waals surface area contributed by atoms with Crippen molar-refractivity contribution in [1.29, 1.82) is 0 Å². The summed E-state index contributed by atoms with van der Waals surface area (Å²) in [7, 11) is 0. The van der Waals surface area contributed by atoms with Crippen molar-refractivity contribution < 1.29 is 9.84 Å². The molecule has 0 amide bonds. The molecule has 2 heterocycles. The molecule has 0 aliphatic rings. The fraction of sp³-hybridized carbons (Fsp3) is 0.136. The van der Waals surface area contributed by atoms with Crippen LogP contribution in [-0.2, 0) is 0 Å². The van der Waals surface area contributed by atoms with E-state index in [0.29, 0.717) is 6.61 Å². The van der Waals surface area contributed by atoms with Crippen molar-refractivity contribution in [2.24, 2.45) is 0 Å². The first-order valence-electron chi connectivity index (χ1n) is 8.75. The van der Waals surface area contributed by atoms with E-state index in [-0.39, 0.29) is 5.75 Å². The van der Waals surface area contributed by atoms with E-state index in [0.717, 1.165) is 45.5 Å². The van der Waals surface area contributed by atoms with Crippen LogP contribution in [0.5, 0.6) is 11.5 Å². The number of aromatic amines is 1. The number of benzene rings is 2. The Labute approximate surface area is 152 Å². The fourth-order valence-electron chi connectivity index (χ4n) is 3.10. The minimum absolute atomic E-state index is 0.246. The number of phenols is 1. The fourth-order valence-corrected chi connectivity index (χ4v) is 3.10. The molecule has 26 heavy (non-hydrogen) atoms. The summed E-state index contributed by atoms with van der Waals surface area (Å²) < 4.78 is 5.92. The van der Waals surface area contributed by atoms with Crippen LogP contribution in [0.4, 0.5) is 0 Å². The second kappa shape index (κ2) is 6.92. The van der Waals surface area contributed by atoms with Crippen molar-refractivity contribution in [3.05, 3.63) is 67.0 Å². The van der Waals surface area contributed by atoms with E-state index < -0.39 is 0 Å². The Hall–Kier alpha value is -3.27. The molecule has 2 aromatic heterocycles. The van der Waals surface area contributed by atoms with Gasteiger partial charge < -0.3 is 14.8 Å². The van der Waals surface area contributed by atoms with Gasteiger partial charge in [-0.25, -0.2) is 4.98 Å². The van der Waals surface area contributed by atoms with Gasteiger partial charge in [-0.15, -0.1) is 0 Å². The third-order valence-corrected chi connectivity index (χ3v) is 4.35. The largest absolute Gasteiger partial charge is 0.508 e. The number of ether oxygens (including phenoxy) is 1. The normalized spacial score (nSPS) is 11.0. The van der Waals surface area contributed by atoms with Crippen LogP contribution < -0.4 is 4.74 Å². The van der Waals surface area contributed by atoms with Crippen molar-refractivity contribution in [2.45, 2.75) is 13.3 Å². The van der Waals surface area contributed by atoms with Gasteiger partial charge >= 0.3 is 0 Å². The molecular formula is C22H20N2O2. The van der Waals surface area contributed by atoms with E-state index >= 15 is 0 Å². The number of H-pyrrole nitrogens is 1. The van der Waals surface area contributed by atoms with Crippen molar-refractivity contribution in [2.75, 3.05) is 6.61 Å². The molecule has 4 heteroatoms. The van der Waals surface area contributed by atoms with Crippen LogP contribution in [0, 0.1) is 0 Å². The van der Waals surface area contributed by atoms with Gasteiger partial charge in [0.1, 0.15) is 17.1 Å². The lowest BCUT2D eigenvalue weighted by molar-refractivity contribution is 0.319. The van der Waals surface area contributed by atoms with Gasteiger partial charge in [0.2, 0.25) is 0 Å². The molecule has 130 valence electrons. The SMILES string of the molecule is CCCOc1ccccc1-c1c[nH]c2ncc(-c3cccc(O)c3)cc12. The van der Waals surface area contributed by atoms with Gasteiger partial charge in [-0.05, 0) is 36.2 Å². The predicted octanol–water partition coefficient (Wildman–Crippen LogP) is 5.39. The number of aromatic nitrogens is 2. The standard InChI is InChI=1S/C22H20N2O2/c1-2-10-26-21-9-4-3-8-18(21)20-14-24-22-19(20)12-16(13-23-22)15-6-5-7-17(25)11-15/h3-9,11-14,25H,2,10H2,1H3,(H,23,24). The maximum absolute atomic E-state index is 9.76. The lowest BCUT2D eigenvalue weighted by Crippen LogP contribution is -1.96. The molecule has 4 aromatic rings. The average Bonchev–Trinajstić information content (AvgIpc) is 3.09. The zero-order valence-electron chi connectivity index (χ0n) is 14.6. The van der Waals surface area contributed by atoms with E-state index in [2.05, 4.69) is 29.0 Å². The number of para-hydroxylation sites is 1. The molecule has 0 saturated heterocycles. The molecule has 0 aliphatic carbocycles. The Morgan fingerprint density at radius 2 is 1.88 bits per heavy atom. The zero-order valence-corrected chi connectivity index (χ0v) is 14.6. The van der Waals surface area contributed by atoms with Gasteiger partial charge in [-0.2, -0.15) is 0 Å². The number of fused-ring (bicyclic) bond motifs is 1. The topological polar surface area (TPSA) is 58.1 Å². The van der Waals surface area contributed by atoms with Gasteiger partial charge in [0, 0.05) is 34.5 Å². The molecule has 0 atom stereocenters. The first kappa shape index (κ1) is 16.2. The molecule has 4 rings (SSSR count). The Morgan fingerprint density at radius 3 is 2.73 bits per heavy atom. The summed E-state index contributed by atoms with van der Waals surface area (Å²) in [5.74, 6) is 1.12. The molecule has 0 bridgehead atoms. The number of nitrogens with zero attached hydrogens (tertiary/aromatic N) is 1. The highest BCUT2D eigenvalue weighted by atomic mass is 16.5. The highest BCUT2D eigenvalue weighted by Crippen LogP contribution is 2.36. The monoisotopic (exact) mass is 344 g/mol. The number of aromatic hydroxyl groups is 1. The van der Waals surface area contributed by atoms with Crippen LogP contribution in [0.15, 0.2) is 67.0 Å².